The molecule has 2 N–H and O–H groups in total. The molecule has 0 aliphatic rings. The fraction of sp³-hybridized carbons (Fsp3) is 0.133. The number of aromatic nitrogens is 5. The molecule has 10 nitrogen and oxygen atoms in total. The van der Waals surface area contributed by atoms with E-state index >= 15 is 0 Å². The van der Waals surface area contributed by atoms with Crippen LogP contribution in [0.15, 0.2) is 101 Å². The van der Waals surface area contributed by atoms with Gasteiger partial charge in [0.25, 0.3) is 10.0 Å². The Balaban J connectivity index is 1.19. The second kappa shape index (κ2) is 12.9. The van der Waals surface area contributed by atoms with E-state index in [9.17, 15) is 13.2 Å². The summed E-state index contributed by atoms with van der Waals surface area (Å²) in [5.74, 6) is 0.211. The molecule has 2 heterocycles. The Morgan fingerprint density at radius 3 is 1.98 bits per heavy atom. The van der Waals surface area contributed by atoms with Gasteiger partial charge in [0, 0.05) is 40.4 Å². The number of anilines is 2. The van der Waals surface area contributed by atoms with Crippen molar-refractivity contribution < 1.29 is 13.2 Å². The van der Waals surface area contributed by atoms with E-state index in [1.165, 1.54) is 36.0 Å². The van der Waals surface area contributed by atoms with Crippen LogP contribution in [0.2, 0.25) is 0 Å². The monoisotopic (exact) mass is 597 g/mol. The van der Waals surface area contributed by atoms with Gasteiger partial charge < -0.3 is 5.32 Å². The van der Waals surface area contributed by atoms with E-state index in [1.807, 2.05) is 60.7 Å². The Bertz CT molecular complexity index is 1780. The third-order valence-corrected chi connectivity index (χ3v) is 8.16. The molecule has 2 aromatic heterocycles. The second-order valence-corrected chi connectivity index (χ2v) is 12.0. The van der Waals surface area contributed by atoms with Gasteiger partial charge in [-0.2, -0.15) is 0 Å². The SMILES string of the molecule is Cc1cc(C)nc(NS(=O)(=O)c2ccc(NC(=O)CCSc3nnc(-c4ccccc4)c(-c4ccccc4)n3)cc2)n1. The quantitative estimate of drug-likeness (QED) is 0.199. The van der Waals surface area contributed by atoms with Crippen LogP contribution >= 0.6 is 11.8 Å². The number of hydrogen-bond acceptors (Lipinski definition) is 9. The van der Waals surface area contributed by atoms with Gasteiger partial charge in [-0.05, 0) is 44.2 Å². The number of nitrogens with zero attached hydrogens (tertiary/aromatic N) is 5. The van der Waals surface area contributed by atoms with Gasteiger partial charge in [0.05, 0.1) is 4.90 Å². The normalized spacial score (nSPS) is 11.2. The fourth-order valence-corrected chi connectivity index (χ4v) is 5.75. The predicted molar refractivity (Wildman–Crippen MR) is 163 cm³/mol. The van der Waals surface area contributed by atoms with Crippen molar-refractivity contribution in [1.82, 2.24) is 25.1 Å². The first-order valence-electron chi connectivity index (χ1n) is 13.0. The molecule has 3 aromatic carbocycles. The number of amides is 1. The van der Waals surface area contributed by atoms with Crippen LogP contribution in [0, 0.1) is 13.8 Å². The minimum absolute atomic E-state index is 0.00662. The molecular formula is C30H27N7O3S2. The molecule has 0 aliphatic heterocycles. The van der Waals surface area contributed by atoms with Gasteiger partial charge in [0.2, 0.25) is 17.0 Å². The lowest BCUT2D eigenvalue weighted by molar-refractivity contribution is -0.115. The summed E-state index contributed by atoms with van der Waals surface area (Å²) in [7, 11) is -3.89. The van der Waals surface area contributed by atoms with Crippen molar-refractivity contribution in [3.8, 4) is 22.5 Å². The molecule has 12 heteroatoms. The topological polar surface area (TPSA) is 140 Å². The summed E-state index contributed by atoms with van der Waals surface area (Å²) >= 11 is 1.34. The highest BCUT2D eigenvalue weighted by Gasteiger charge is 2.17. The maximum Gasteiger partial charge on any atom is 0.264 e. The van der Waals surface area contributed by atoms with E-state index in [1.54, 1.807) is 19.9 Å². The first-order chi connectivity index (χ1) is 20.3. The average Bonchev–Trinajstić information content (AvgIpc) is 2.97. The zero-order valence-electron chi connectivity index (χ0n) is 22.9. The van der Waals surface area contributed by atoms with Crippen LogP contribution in [0.3, 0.4) is 0 Å². The number of carbonyl (C=O) groups is 1. The minimum atomic E-state index is -3.89. The molecule has 0 spiro atoms. The highest BCUT2D eigenvalue weighted by Crippen LogP contribution is 2.29. The molecule has 0 unspecified atom stereocenters. The lowest BCUT2D eigenvalue weighted by atomic mass is 10.0. The average molecular weight is 598 g/mol. The molecule has 0 bridgehead atoms. The summed E-state index contributed by atoms with van der Waals surface area (Å²) in [6.45, 7) is 3.52. The van der Waals surface area contributed by atoms with E-state index in [0.29, 0.717) is 33.7 Å². The Hall–Kier alpha value is -4.68. The zero-order chi connectivity index (χ0) is 29.5. The standard InChI is InChI=1S/C30H27N7O3S2/c1-20-19-21(2)32-29(31-20)37-42(39,40)25-15-13-24(14-16-25)33-26(38)17-18-41-30-34-27(22-9-5-3-6-10-22)28(35-36-30)23-11-7-4-8-12-23/h3-16,19H,17-18H2,1-2H3,(H,33,38)(H,31,32,37). The lowest BCUT2D eigenvalue weighted by Crippen LogP contribution is -2.16. The summed E-state index contributed by atoms with van der Waals surface area (Å²) < 4.78 is 27.9. The molecule has 1 amide bonds. The Kier molecular flexibility index (Phi) is 8.84. The van der Waals surface area contributed by atoms with Crippen molar-refractivity contribution in [1.29, 1.82) is 0 Å². The van der Waals surface area contributed by atoms with Gasteiger partial charge in [0.1, 0.15) is 11.4 Å². The number of hydrogen-bond donors (Lipinski definition) is 2. The molecule has 0 aliphatic carbocycles. The van der Waals surface area contributed by atoms with Gasteiger partial charge in [-0.25, -0.2) is 28.1 Å². The van der Waals surface area contributed by atoms with Crippen molar-refractivity contribution in [3.05, 3.63) is 102 Å². The molecular weight excluding hydrogens is 571 g/mol. The molecule has 0 atom stereocenters. The Morgan fingerprint density at radius 1 is 0.762 bits per heavy atom. The third kappa shape index (κ3) is 7.33. The van der Waals surface area contributed by atoms with Gasteiger partial charge in [-0.3, -0.25) is 4.79 Å². The van der Waals surface area contributed by atoms with E-state index in [2.05, 4.69) is 30.2 Å². The van der Waals surface area contributed by atoms with Crippen molar-refractivity contribution in [2.24, 2.45) is 0 Å². The lowest BCUT2D eigenvalue weighted by Gasteiger charge is -2.10. The number of thioether (sulfide) groups is 1. The fourth-order valence-electron chi connectivity index (χ4n) is 4.09. The van der Waals surface area contributed by atoms with Gasteiger partial charge in [0.15, 0.2) is 0 Å². The van der Waals surface area contributed by atoms with Crippen molar-refractivity contribution in [2.45, 2.75) is 30.3 Å². The van der Waals surface area contributed by atoms with Crippen LogP contribution in [-0.2, 0) is 14.8 Å². The van der Waals surface area contributed by atoms with Crippen molar-refractivity contribution >= 4 is 39.3 Å². The van der Waals surface area contributed by atoms with Crippen LogP contribution in [0.1, 0.15) is 17.8 Å². The van der Waals surface area contributed by atoms with E-state index in [0.717, 1.165) is 16.8 Å². The summed E-state index contributed by atoms with van der Waals surface area (Å²) in [6, 6.07) is 27.2. The highest BCUT2D eigenvalue weighted by atomic mass is 32.2. The van der Waals surface area contributed by atoms with Crippen molar-refractivity contribution in [3.63, 3.8) is 0 Å². The van der Waals surface area contributed by atoms with Gasteiger partial charge in [-0.15, -0.1) is 10.2 Å². The summed E-state index contributed by atoms with van der Waals surface area (Å²) in [5, 5.41) is 12.0. The van der Waals surface area contributed by atoms with Crippen LogP contribution in [0.4, 0.5) is 11.6 Å². The van der Waals surface area contributed by atoms with Crippen LogP contribution in [0.5, 0.6) is 0 Å². The number of benzene rings is 3. The second-order valence-electron chi connectivity index (χ2n) is 9.27. The molecule has 5 rings (SSSR count). The van der Waals surface area contributed by atoms with E-state index in [-0.39, 0.29) is 23.2 Å². The molecule has 0 saturated carbocycles. The number of sulfonamides is 1. The maximum atomic E-state index is 12.8. The van der Waals surface area contributed by atoms with Crippen LogP contribution in [0.25, 0.3) is 22.5 Å². The summed E-state index contributed by atoms with van der Waals surface area (Å²) in [4.78, 5) is 25.6. The summed E-state index contributed by atoms with van der Waals surface area (Å²) in [6.07, 6.45) is 0.195. The molecule has 0 fully saturated rings. The minimum Gasteiger partial charge on any atom is -0.326 e. The first kappa shape index (κ1) is 28.8. The Morgan fingerprint density at radius 2 is 1.36 bits per heavy atom. The number of rotatable bonds is 10. The smallest absolute Gasteiger partial charge is 0.264 e. The molecule has 5 aromatic rings. The largest absolute Gasteiger partial charge is 0.326 e. The van der Waals surface area contributed by atoms with E-state index < -0.39 is 10.0 Å². The van der Waals surface area contributed by atoms with Crippen molar-refractivity contribution in [2.75, 3.05) is 15.8 Å². The zero-order valence-corrected chi connectivity index (χ0v) is 24.5. The number of aryl methyl sites for hydroxylation is 2. The highest BCUT2D eigenvalue weighted by molar-refractivity contribution is 7.99. The Labute approximate surface area is 248 Å². The summed E-state index contributed by atoms with van der Waals surface area (Å²) in [5.41, 5.74) is 5.03. The molecule has 0 radical (unpaired) electrons. The van der Waals surface area contributed by atoms with Crippen LogP contribution in [-0.4, -0.2) is 45.2 Å². The van der Waals surface area contributed by atoms with E-state index in [4.69, 9.17) is 4.98 Å². The van der Waals surface area contributed by atoms with Gasteiger partial charge in [-0.1, -0.05) is 72.4 Å². The molecule has 0 saturated heterocycles. The predicted octanol–water partition coefficient (Wildman–Crippen LogP) is 5.53. The molecule has 212 valence electrons. The number of nitrogens with one attached hydrogen (secondary N) is 2. The van der Waals surface area contributed by atoms with Gasteiger partial charge >= 0.3 is 0 Å². The first-order valence-corrected chi connectivity index (χ1v) is 15.5. The third-order valence-electron chi connectivity index (χ3n) is 5.98. The molecule has 42 heavy (non-hydrogen) atoms. The number of carbonyl (C=O) groups excluding carboxylic acids is 1. The maximum absolute atomic E-state index is 12.8. The van der Waals surface area contributed by atoms with Crippen LogP contribution < -0.4 is 10.0 Å².